The molecule has 1 saturated heterocycles. The summed E-state index contributed by atoms with van der Waals surface area (Å²) in [5.41, 5.74) is 5.70. The Balaban J connectivity index is 1.71. The third-order valence-corrected chi connectivity index (χ3v) is 3.57. The van der Waals surface area contributed by atoms with Crippen LogP contribution in [0.2, 0.25) is 0 Å². The minimum atomic E-state index is -0.0164. The molecular formula is C15H18N4O. The SMILES string of the molecule is O=C(Nc1ccc2c(c1)NN=CC=C2)N1CCCCC1. The Bertz CT molecular complexity index is 559. The van der Waals surface area contributed by atoms with Gasteiger partial charge in [0.1, 0.15) is 0 Å². The van der Waals surface area contributed by atoms with Crippen LogP contribution < -0.4 is 10.7 Å². The number of amides is 2. The van der Waals surface area contributed by atoms with Crippen molar-refractivity contribution in [3.63, 3.8) is 0 Å². The molecule has 2 N–H and O–H groups in total. The van der Waals surface area contributed by atoms with Gasteiger partial charge in [-0.05, 0) is 43.0 Å². The molecule has 2 amide bonds. The van der Waals surface area contributed by atoms with Crippen LogP contribution in [0.3, 0.4) is 0 Å². The number of fused-ring (bicyclic) bond motifs is 1. The van der Waals surface area contributed by atoms with E-state index in [1.165, 1.54) is 6.42 Å². The molecule has 104 valence electrons. The second-order valence-corrected chi connectivity index (χ2v) is 5.03. The van der Waals surface area contributed by atoms with Crippen molar-refractivity contribution in [3.8, 4) is 0 Å². The molecule has 0 bridgehead atoms. The Morgan fingerprint density at radius 1 is 1.25 bits per heavy atom. The van der Waals surface area contributed by atoms with Gasteiger partial charge in [-0.1, -0.05) is 12.1 Å². The highest BCUT2D eigenvalue weighted by molar-refractivity contribution is 5.91. The zero-order valence-electron chi connectivity index (χ0n) is 11.3. The maximum Gasteiger partial charge on any atom is 0.321 e. The molecule has 0 aliphatic carbocycles. The Hall–Kier alpha value is -2.30. The summed E-state index contributed by atoms with van der Waals surface area (Å²) in [6, 6.07) is 5.78. The number of nitrogens with one attached hydrogen (secondary N) is 2. The molecule has 1 aromatic rings. The number of piperidine rings is 1. The topological polar surface area (TPSA) is 56.7 Å². The quantitative estimate of drug-likeness (QED) is 0.823. The molecule has 1 fully saturated rings. The van der Waals surface area contributed by atoms with Gasteiger partial charge in [0.15, 0.2) is 0 Å². The average Bonchev–Trinajstić information content (AvgIpc) is 2.73. The van der Waals surface area contributed by atoms with Gasteiger partial charge in [-0.25, -0.2) is 4.79 Å². The van der Waals surface area contributed by atoms with Crippen LogP contribution in [0.5, 0.6) is 0 Å². The molecule has 0 aromatic heterocycles. The van der Waals surface area contributed by atoms with E-state index in [0.717, 1.165) is 42.9 Å². The van der Waals surface area contributed by atoms with Crippen molar-refractivity contribution in [1.82, 2.24) is 4.90 Å². The van der Waals surface area contributed by atoms with Gasteiger partial charge in [0, 0.05) is 25.0 Å². The summed E-state index contributed by atoms with van der Waals surface area (Å²) in [5.74, 6) is 0. The highest BCUT2D eigenvalue weighted by Crippen LogP contribution is 2.24. The van der Waals surface area contributed by atoms with Crippen LogP contribution in [0.4, 0.5) is 16.2 Å². The van der Waals surface area contributed by atoms with Crippen LogP contribution in [0, 0.1) is 0 Å². The van der Waals surface area contributed by atoms with E-state index in [1.807, 2.05) is 35.3 Å². The van der Waals surface area contributed by atoms with Crippen LogP contribution in [0.15, 0.2) is 29.4 Å². The first-order valence-corrected chi connectivity index (χ1v) is 6.99. The number of benzene rings is 1. The van der Waals surface area contributed by atoms with Gasteiger partial charge >= 0.3 is 6.03 Å². The van der Waals surface area contributed by atoms with Gasteiger partial charge in [0.2, 0.25) is 0 Å². The fourth-order valence-corrected chi connectivity index (χ4v) is 2.47. The normalized spacial score (nSPS) is 17.1. The van der Waals surface area contributed by atoms with E-state index in [1.54, 1.807) is 6.21 Å². The monoisotopic (exact) mass is 270 g/mol. The summed E-state index contributed by atoms with van der Waals surface area (Å²) in [5, 5.41) is 6.99. The lowest BCUT2D eigenvalue weighted by Crippen LogP contribution is -2.38. The van der Waals surface area contributed by atoms with Crippen LogP contribution in [0.1, 0.15) is 24.8 Å². The molecule has 0 unspecified atom stereocenters. The van der Waals surface area contributed by atoms with E-state index in [4.69, 9.17) is 0 Å². The molecule has 0 radical (unpaired) electrons. The molecule has 0 spiro atoms. The van der Waals surface area contributed by atoms with E-state index in [0.29, 0.717) is 0 Å². The predicted molar refractivity (Wildman–Crippen MR) is 82.0 cm³/mol. The second-order valence-electron chi connectivity index (χ2n) is 5.03. The average molecular weight is 270 g/mol. The fraction of sp³-hybridized carbons (Fsp3) is 0.333. The second kappa shape index (κ2) is 5.77. The number of likely N-dealkylation sites (tertiary alicyclic amines) is 1. The lowest BCUT2D eigenvalue weighted by Gasteiger charge is -2.26. The summed E-state index contributed by atoms with van der Waals surface area (Å²) < 4.78 is 0. The number of hydrogen-bond donors (Lipinski definition) is 2. The zero-order valence-corrected chi connectivity index (χ0v) is 11.3. The van der Waals surface area contributed by atoms with Gasteiger partial charge in [0.25, 0.3) is 0 Å². The molecule has 20 heavy (non-hydrogen) atoms. The number of urea groups is 1. The number of carbonyl (C=O) groups excluding carboxylic acids is 1. The highest BCUT2D eigenvalue weighted by Gasteiger charge is 2.16. The number of allylic oxidation sites excluding steroid dienone is 1. The molecule has 1 aromatic carbocycles. The van der Waals surface area contributed by atoms with Crippen molar-refractivity contribution in [3.05, 3.63) is 29.8 Å². The Kier molecular flexibility index (Phi) is 3.67. The number of nitrogens with zero attached hydrogens (tertiary/aromatic N) is 2. The van der Waals surface area contributed by atoms with Crippen LogP contribution >= 0.6 is 0 Å². The van der Waals surface area contributed by atoms with E-state index < -0.39 is 0 Å². The number of hydrogen-bond acceptors (Lipinski definition) is 3. The van der Waals surface area contributed by atoms with Crippen LogP contribution in [-0.2, 0) is 0 Å². The fourth-order valence-electron chi connectivity index (χ4n) is 2.47. The maximum atomic E-state index is 12.2. The standard InChI is InChI=1S/C15H18N4O/c20-15(19-9-2-1-3-10-19)17-13-7-6-12-5-4-8-16-18-14(12)11-13/h4-8,11,18H,1-3,9-10H2,(H,17,20). The zero-order chi connectivity index (χ0) is 13.8. The lowest BCUT2D eigenvalue weighted by atomic mass is 10.1. The van der Waals surface area contributed by atoms with Crippen molar-refractivity contribution >= 4 is 29.7 Å². The van der Waals surface area contributed by atoms with E-state index in [9.17, 15) is 4.79 Å². The first-order chi connectivity index (χ1) is 9.83. The van der Waals surface area contributed by atoms with Gasteiger partial charge in [-0.15, -0.1) is 0 Å². The lowest BCUT2D eigenvalue weighted by molar-refractivity contribution is 0.200. The first-order valence-electron chi connectivity index (χ1n) is 6.99. The summed E-state index contributed by atoms with van der Waals surface area (Å²) in [6.45, 7) is 1.70. The van der Waals surface area contributed by atoms with Crippen LogP contribution in [-0.4, -0.2) is 30.2 Å². The number of rotatable bonds is 1. The van der Waals surface area contributed by atoms with Crippen molar-refractivity contribution in [2.45, 2.75) is 19.3 Å². The van der Waals surface area contributed by atoms with Gasteiger partial charge in [-0.2, -0.15) is 5.10 Å². The number of anilines is 2. The summed E-state index contributed by atoms with van der Waals surface area (Å²) in [7, 11) is 0. The minimum Gasteiger partial charge on any atom is -0.325 e. The summed E-state index contributed by atoms with van der Waals surface area (Å²) in [6.07, 6.45) is 8.97. The Morgan fingerprint density at radius 3 is 2.95 bits per heavy atom. The van der Waals surface area contributed by atoms with Crippen molar-refractivity contribution in [1.29, 1.82) is 0 Å². The number of carbonyl (C=O) groups is 1. The molecule has 5 nitrogen and oxygen atoms in total. The number of hydrazone groups is 1. The predicted octanol–water partition coefficient (Wildman–Crippen LogP) is 3.13. The van der Waals surface area contributed by atoms with Crippen LogP contribution in [0.25, 0.3) is 6.08 Å². The molecule has 3 rings (SSSR count). The summed E-state index contributed by atoms with van der Waals surface area (Å²) in [4.78, 5) is 14.0. The minimum absolute atomic E-state index is 0.0164. The third kappa shape index (κ3) is 2.82. The van der Waals surface area contributed by atoms with E-state index in [-0.39, 0.29) is 6.03 Å². The molecule has 2 aliphatic rings. The van der Waals surface area contributed by atoms with E-state index >= 15 is 0 Å². The van der Waals surface area contributed by atoms with E-state index in [2.05, 4.69) is 15.8 Å². The molecule has 0 saturated carbocycles. The van der Waals surface area contributed by atoms with Gasteiger partial charge in [0.05, 0.1) is 5.69 Å². The van der Waals surface area contributed by atoms with Crippen molar-refractivity contribution < 1.29 is 4.79 Å². The van der Waals surface area contributed by atoms with Gasteiger partial charge < -0.3 is 10.2 Å². The van der Waals surface area contributed by atoms with Crippen molar-refractivity contribution in [2.24, 2.45) is 5.10 Å². The van der Waals surface area contributed by atoms with Crippen molar-refractivity contribution in [2.75, 3.05) is 23.8 Å². The third-order valence-electron chi connectivity index (χ3n) is 3.57. The first kappa shape index (κ1) is 12.7. The van der Waals surface area contributed by atoms with Gasteiger partial charge in [-0.3, -0.25) is 5.43 Å². The molecule has 2 aliphatic heterocycles. The summed E-state index contributed by atoms with van der Waals surface area (Å²) >= 11 is 0. The molecular weight excluding hydrogens is 252 g/mol. The molecule has 0 atom stereocenters. The highest BCUT2D eigenvalue weighted by atomic mass is 16.2. The maximum absolute atomic E-state index is 12.2. The largest absolute Gasteiger partial charge is 0.325 e. The Morgan fingerprint density at radius 2 is 2.10 bits per heavy atom. The smallest absolute Gasteiger partial charge is 0.321 e. The molecule has 2 heterocycles. The molecule has 5 heteroatoms. The Labute approximate surface area is 118 Å².